The number of hydrogen-bond acceptors (Lipinski definition) is 4. The average Bonchev–Trinajstić information content (AvgIpc) is 3.13. The Morgan fingerprint density at radius 3 is 2.81 bits per heavy atom. The molecule has 6 heteroatoms. The van der Waals surface area contributed by atoms with Crippen molar-refractivity contribution in [1.82, 2.24) is 24.3 Å². The Bertz CT molecular complexity index is 1200. The van der Waals surface area contributed by atoms with Crippen LogP contribution in [0.25, 0.3) is 22.4 Å². The summed E-state index contributed by atoms with van der Waals surface area (Å²) in [6, 6.07) is 14.1. The quantitative estimate of drug-likeness (QED) is 0.564. The molecule has 0 spiro atoms. The highest BCUT2D eigenvalue weighted by molar-refractivity contribution is 5.79. The maximum absolute atomic E-state index is 4.72. The number of aromatic nitrogens is 5. The second-order valence-corrected chi connectivity index (χ2v) is 6.38. The number of allylic oxidation sites excluding steroid dienone is 1. The Hall–Kier alpha value is -3.54. The molecule has 0 fully saturated rings. The monoisotopic (exact) mass is 356 g/mol. The molecule has 0 N–H and O–H groups in total. The molecule has 0 aliphatic carbocycles. The van der Waals surface area contributed by atoms with Gasteiger partial charge in [0.25, 0.3) is 0 Å². The molecule has 134 valence electrons. The molecule has 3 aromatic heterocycles. The molecule has 0 radical (unpaired) electrons. The highest BCUT2D eigenvalue weighted by Gasteiger charge is 2.07. The SMILES string of the molecule is C=C(Cc1ccc2ncccc2c1)n1nc(-n2cnc(C)c2)ccc1=NC. The molecule has 0 saturated carbocycles. The van der Waals surface area contributed by atoms with Crippen molar-refractivity contribution in [3.63, 3.8) is 0 Å². The molecular weight excluding hydrogens is 336 g/mol. The lowest BCUT2D eigenvalue weighted by molar-refractivity contribution is 0.755. The van der Waals surface area contributed by atoms with E-state index in [0.29, 0.717) is 6.42 Å². The molecule has 1 aromatic carbocycles. The van der Waals surface area contributed by atoms with Crippen molar-refractivity contribution in [2.24, 2.45) is 4.99 Å². The summed E-state index contributed by atoms with van der Waals surface area (Å²) in [5.41, 5.74) is 4.68. The van der Waals surface area contributed by atoms with Crippen LogP contribution in [0.3, 0.4) is 0 Å². The number of benzene rings is 1. The van der Waals surface area contributed by atoms with E-state index in [0.717, 1.165) is 39.2 Å². The van der Waals surface area contributed by atoms with Crippen molar-refractivity contribution < 1.29 is 0 Å². The minimum absolute atomic E-state index is 0.664. The van der Waals surface area contributed by atoms with Gasteiger partial charge in [-0.25, -0.2) is 9.67 Å². The second kappa shape index (κ2) is 6.99. The van der Waals surface area contributed by atoms with E-state index in [1.165, 1.54) is 0 Å². The molecule has 3 heterocycles. The van der Waals surface area contributed by atoms with Crippen LogP contribution in [-0.4, -0.2) is 31.4 Å². The molecule has 0 aliphatic heterocycles. The molecule has 0 saturated heterocycles. The third kappa shape index (κ3) is 3.42. The molecule has 0 aliphatic rings. The molecule has 0 unspecified atom stereocenters. The van der Waals surface area contributed by atoms with E-state index in [9.17, 15) is 0 Å². The Labute approximate surface area is 157 Å². The Balaban J connectivity index is 1.69. The van der Waals surface area contributed by atoms with Crippen molar-refractivity contribution >= 4 is 16.6 Å². The number of aryl methyl sites for hydroxylation is 1. The molecule has 0 amide bonds. The first kappa shape index (κ1) is 16.9. The van der Waals surface area contributed by atoms with Crippen LogP contribution in [0.2, 0.25) is 0 Å². The minimum Gasteiger partial charge on any atom is -0.289 e. The van der Waals surface area contributed by atoms with E-state index in [2.05, 4.69) is 39.7 Å². The Morgan fingerprint density at radius 2 is 2.04 bits per heavy atom. The van der Waals surface area contributed by atoms with Crippen LogP contribution in [-0.2, 0) is 6.42 Å². The summed E-state index contributed by atoms with van der Waals surface area (Å²) in [7, 11) is 1.75. The normalized spacial score (nSPS) is 11.9. The highest BCUT2D eigenvalue weighted by atomic mass is 15.3. The first-order valence-corrected chi connectivity index (χ1v) is 8.70. The van der Waals surface area contributed by atoms with Gasteiger partial charge in [-0.3, -0.25) is 14.5 Å². The van der Waals surface area contributed by atoms with E-state index >= 15 is 0 Å². The van der Waals surface area contributed by atoms with Gasteiger partial charge in [-0.1, -0.05) is 18.7 Å². The van der Waals surface area contributed by atoms with Gasteiger partial charge < -0.3 is 0 Å². The van der Waals surface area contributed by atoms with E-state index in [1.54, 1.807) is 24.3 Å². The summed E-state index contributed by atoms with van der Waals surface area (Å²) in [4.78, 5) is 13.0. The first-order chi connectivity index (χ1) is 13.1. The van der Waals surface area contributed by atoms with Gasteiger partial charge in [0.15, 0.2) is 5.82 Å². The van der Waals surface area contributed by atoms with Gasteiger partial charge in [0.2, 0.25) is 0 Å². The molecule has 27 heavy (non-hydrogen) atoms. The fourth-order valence-corrected chi connectivity index (χ4v) is 3.04. The van der Waals surface area contributed by atoms with E-state index < -0.39 is 0 Å². The molecular formula is C21H20N6. The van der Waals surface area contributed by atoms with Crippen molar-refractivity contribution in [2.45, 2.75) is 13.3 Å². The van der Waals surface area contributed by atoms with Crippen LogP contribution < -0.4 is 5.49 Å². The van der Waals surface area contributed by atoms with Crippen molar-refractivity contribution in [1.29, 1.82) is 0 Å². The summed E-state index contributed by atoms with van der Waals surface area (Å²) in [6.07, 6.45) is 6.16. The predicted molar refractivity (Wildman–Crippen MR) is 106 cm³/mol. The van der Waals surface area contributed by atoms with Gasteiger partial charge in [-0.05, 0) is 42.8 Å². The van der Waals surface area contributed by atoms with Crippen molar-refractivity contribution in [3.8, 4) is 5.82 Å². The van der Waals surface area contributed by atoms with Gasteiger partial charge in [0.1, 0.15) is 11.8 Å². The molecule has 6 nitrogen and oxygen atoms in total. The summed E-state index contributed by atoms with van der Waals surface area (Å²) in [6.45, 7) is 6.20. The van der Waals surface area contributed by atoms with E-state index in [4.69, 9.17) is 5.10 Å². The third-order valence-electron chi connectivity index (χ3n) is 4.38. The van der Waals surface area contributed by atoms with Crippen LogP contribution in [0.5, 0.6) is 0 Å². The van der Waals surface area contributed by atoms with Crippen LogP contribution in [0.15, 0.2) is 72.8 Å². The number of hydrogen-bond donors (Lipinski definition) is 0. The first-order valence-electron chi connectivity index (χ1n) is 8.70. The highest BCUT2D eigenvalue weighted by Crippen LogP contribution is 2.17. The van der Waals surface area contributed by atoms with Gasteiger partial charge >= 0.3 is 0 Å². The third-order valence-corrected chi connectivity index (χ3v) is 4.38. The van der Waals surface area contributed by atoms with Crippen LogP contribution in [0, 0.1) is 6.92 Å². The van der Waals surface area contributed by atoms with E-state index in [-0.39, 0.29) is 0 Å². The van der Waals surface area contributed by atoms with Crippen LogP contribution >= 0.6 is 0 Å². The van der Waals surface area contributed by atoms with Gasteiger partial charge in [0.05, 0.1) is 11.2 Å². The van der Waals surface area contributed by atoms with Crippen LogP contribution in [0.1, 0.15) is 11.3 Å². The fraction of sp³-hybridized carbons (Fsp3) is 0.143. The average molecular weight is 356 g/mol. The number of rotatable bonds is 4. The lowest BCUT2D eigenvalue weighted by atomic mass is 10.1. The van der Waals surface area contributed by atoms with E-state index in [1.807, 2.05) is 42.0 Å². The van der Waals surface area contributed by atoms with Crippen molar-refractivity contribution in [2.75, 3.05) is 7.05 Å². The number of imidazole rings is 1. The van der Waals surface area contributed by atoms with Gasteiger partial charge in [0, 0.05) is 36.9 Å². The van der Waals surface area contributed by atoms with Gasteiger partial charge in [-0.2, -0.15) is 0 Å². The fourth-order valence-electron chi connectivity index (χ4n) is 3.04. The molecule has 0 bridgehead atoms. The topological polar surface area (TPSA) is 60.9 Å². The number of pyridine rings is 1. The second-order valence-electron chi connectivity index (χ2n) is 6.38. The lowest BCUT2D eigenvalue weighted by Gasteiger charge is -2.12. The molecule has 4 rings (SSSR count). The minimum atomic E-state index is 0.664. The molecule has 4 aromatic rings. The maximum atomic E-state index is 4.72. The lowest BCUT2D eigenvalue weighted by Crippen LogP contribution is -2.24. The zero-order valence-corrected chi connectivity index (χ0v) is 15.4. The van der Waals surface area contributed by atoms with Gasteiger partial charge in [-0.15, -0.1) is 5.10 Å². The zero-order valence-electron chi connectivity index (χ0n) is 15.4. The number of nitrogens with zero attached hydrogens (tertiary/aromatic N) is 6. The summed E-state index contributed by atoms with van der Waals surface area (Å²) < 4.78 is 3.68. The molecule has 0 atom stereocenters. The predicted octanol–water partition coefficient (Wildman–Crippen LogP) is 3.17. The summed E-state index contributed by atoms with van der Waals surface area (Å²) >= 11 is 0. The standard InChI is InChI=1S/C21H20N6/c1-15-13-26(14-24-15)21-9-8-20(22-3)27(25-21)16(2)11-17-6-7-19-18(12-17)5-4-10-23-19/h4-10,12-14H,2,11H2,1,3H3. The summed E-state index contributed by atoms with van der Waals surface area (Å²) in [5.74, 6) is 0.770. The van der Waals surface area contributed by atoms with Crippen LogP contribution in [0.4, 0.5) is 0 Å². The Morgan fingerprint density at radius 1 is 1.15 bits per heavy atom. The number of fused-ring (bicyclic) bond motifs is 1. The van der Waals surface area contributed by atoms with Crippen molar-refractivity contribution in [3.05, 3.63) is 84.5 Å². The maximum Gasteiger partial charge on any atom is 0.158 e. The summed E-state index contributed by atoms with van der Waals surface area (Å²) in [5, 5.41) is 5.83. The smallest absolute Gasteiger partial charge is 0.158 e. The Kier molecular flexibility index (Phi) is 4.38. The largest absolute Gasteiger partial charge is 0.289 e. The zero-order chi connectivity index (χ0) is 18.8.